The molecule has 3 heteroatoms. The third-order valence-corrected chi connectivity index (χ3v) is 3.23. The number of benzene rings is 1. The van der Waals surface area contributed by atoms with Gasteiger partial charge in [-0.15, -0.1) is 0 Å². The fourth-order valence-corrected chi connectivity index (χ4v) is 2.47. The van der Waals surface area contributed by atoms with Gasteiger partial charge in [-0.05, 0) is 24.8 Å². The fraction of sp³-hybridized carbons (Fsp3) is 0.500. The Bertz CT molecular complexity index is 361. The van der Waals surface area contributed by atoms with Gasteiger partial charge in [-0.25, -0.2) is 4.79 Å². The van der Waals surface area contributed by atoms with Crippen molar-refractivity contribution < 1.29 is 14.3 Å². The van der Waals surface area contributed by atoms with E-state index in [1.165, 1.54) is 12.7 Å². The predicted molar refractivity (Wildman–Crippen MR) is 64.8 cm³/mol. The van der Waals surface area contributed by atoms with E-state index in [4.69, 9.17) is 9.47 Å². The molecule has 0 radical (unpaired) electrons. The molecule has 0 bridgehead atoms. The molecule has 0 unspecified atom stereocenters. The summed E-state index contributed by atoms with van der Waals surface area (Å²) in [6.07, 6.45) is 3.18. The minimum Gasteiger partial charge on any atom is -0.460 e. The molecule has 2 atom stereocenters. The molecule has 1 fully saturated rings. The Kier molecular flexibility index (Phi) is 4.15. The van der Waals surface area contributed by atoms with Crippen LogP contribution < -0.4 is 0 Å². The monoisotopic (exact) mass is 234 g/mol. The second-order valence-corrected chi connectivity index (χ2v) is 4.41. The van der Waals surface area contributed by atoms with Crippen LogP contribution in [0, 0.1) is 0 Å². The van der Waals surface area contributed by atoms with Gasteiger partial charge in [0.05, 0.1) is 0 Å². The molecule has 0 amide bonds. The summed E-state index contributed by atoms with van der Waals surface area (Å²) in [7, 11) is 1.50. The first-order valence-electron chi connectivity index (χ1n) is 6.04. The number of ether oxygens (including phenoxy) is 2. The minimum atomic E-state index is -0.264. The van der Waals surface area contributed by atoms with Crippen LogP contribution in [-0.4, -0.2) is 25.8 Å². The lowest BCUT2D eigenvalue weighted by molar-refractivity contribution is -0.153. The molecule has 1 aromatic carbocycles. The largest absolute Gasteiger partial charge is 0.460 e. The lowest BCUT2D eigenvalue weighted by Crippen LogP contribution is -2.23. The molecule has 0 N–H and O–H groups in total. The van der Waals surface area contributed by atoms with Crippen LogP contribution in [0.2, 0.25) is 0 Å². The highest BCUT2D eigenvalue weighted by Crippen LogP contribution is 2.36. The summed E-state index contributed by atoms with van der Waals surface area (Å²) in [6.45, 7) is 0.0397. The third-order valence-electron chi connectivity index (χ3n) is 3.23. The van der Waals surface area contributed by atoms with E-state index in [1.807, 2.05) is 18.2 Å². The van der Waals surface area contributed by atoms with E-state index in [2.05, 4.69) is 12.1 Å². The first-order valence-corrected chi connectivity index (χ1v) is 6.04. The van der Waals surface area contributed by atoms with Crippen molar-refractivity contribution in [3.05, 3.63) is 35.9 Å². The van der Waals surface area contributed by atoms with Crippen LogP contribution >= 0.6 is 0 Å². The van der Waals surface area contributed by atoms with E-state index in [-0.39, 0.29) is 18.7 Å². The number of methoxy groups -OCH3 is 1. The number of hydrogen-bond acceptors (Lipinski definition) is 3. The highest BCUT2D eigenvalue weighted by Gasteiger charge is 2.31. The molecule has 0 spiro atoms. The van der Waals surface area contributed by atoms with Crippen LogP contribution in [-0.2, 0) is 14.3 Å². The van der Waals surface area contributed by atoms with Gasteiger partial charge >= 0.3 is 5.97 Å². The molecule has 1 aliphatic rings. The normalized spacial score (nSPS) is 23.6. The smallest absolute Gasteiger partial charge is 0.332 e. The molecular weight excluding hydrogens is 216 g/mol. The Balaban J connectivity index is 2.00. The van der Waals surface area contributed by atoms with Crippen molar-refractivity contribution in [2.75, 3.05) is 13.7 Å². The molecule has 2 rings (SSSR count). The van der Waals surface area contributed by atoms with Crippen molar-refractivity contribution in [2.45, 2.75) is 31.3 Å². The molecule has 0 aliphatic heterocycles. The van der Waals surface area contributed by atoms with Crippen molar-refractivity contribution in [3.8, 4) is 0 Å². The van der Waals surface area contributed by atoms with Crippen LogP contribution in [0.15, 0.2) is 30.3 Å². The zero-order valence-electron chi connectivity index (χ0n) is 10.1. The van der Waals surface area contributed by atoms with Crippen molar-refractivity contribution in [1.82, 2.24) is 0 Å². The van der Waals surface area contributed by atoms with Gasteiger partial charge in [0.25, 0.3) is 0 Å². The van der Waals surface area contributed by atoms with Gasteiger partial charge in [0.2, 0.25) is 0 Å². The topological polar surface area (TPSA) is 35.5 Å². The van der Waals surface area contributed by atoms with Gasteiger partial charge in [-0.3, -0.25) is 0 Å². The van der Waals surface area contributed by atoms with Crippen LogP contribution in [0.1, 0.15) is 30.7 Å². The Morgan fingerprint density at radius 1 is 1.29 bits per heavy atom. The highest BCUT2D eigenvalue weighted by molar-refractivity contribution is 5.71. The van der Waals surface area contributed by atoms with E-state index < -0.39 is 0 Å². The van der Waals surface area contributed by atoms with Crippen molar-refractivity contribution in [1.29, 1.82) is 0 Å². The molecule has 0 aromatic heterocycles. The molecule has 1 aliphatic carbocycles. The number of hydrogen-bond donors (Lipinski definition) is 0. The molecule has 0 heterocycles. The summed E-state index contributed by atoms with van der Waals surface area (Å²) in [5.41, 5.74) is 1.26. The Morgan fingerprint density at radius 3 is 2.76 bits per heavy atom. The number of rotatable bonds is 4. The van der Waals surface area contributed by atoms with Crippen molar-refractivity contribution in [3.63, 3.8) is 0 Å². The zero-order valence-corrected chi connectivity index (χ0v) is 10.1. The SMILES string of the molecule is COCC(=O)O[C@H]1CCC[C@@H]1c1ccccc1. The van der Waals surface area contributed by atoms with Gasteiger partial charge in [0.15, 0.2) is 0 Å². The molecule has 1 aromatic rings. The Morgan fingerprint density at radius 2 is 2.06 bits per heavy atom. The van der Waals surface area contributed by atoms with Gasteiger partial charge < -0.3 is 9.47 Å². The highest BCUT2D eigenvalue weighted by atomic mass is 16.6. The maximum atomic E-state index is 11.4. The van der Waals surface area contributed by atoms with Crippen molar-refractivity contribution in [2.24, 2.45) is 0 Å². The molecule has 3 nitrogen and oxygen atoms in total. The van der Waals surface area contributed by atoms with E-state index in [1.54, 1.807) is 0 Å². The number of carbonyl (C=O) groups excluding carboxylic acids is 1. The molecular formula is C14H18O3. The minimum absolute atomic E-state index is 0.0139. The average molecular weight is 234 g/mol. The first-order chi connectivity index (χ1) is 8.31. The second kappa shape index (κ2) is 5.82. The van der Waals surface area contributed by atoms with Crippen molar-refractivity contribution >= 4 is 5.97 Å². The lowest BCUT2D eigenvalue weighted by atomic mass is 9.96. The summed E-state index contributed by atoms with van der Waals surface area (Å²) in [5.74, 6) is 0.0809. The summed E-state index contributed by atoms with van der Waals surface area (Å²) in [5, 5.41) is 0. The molecule has 17 heavy (non-hydrogen) atoms. The Labute approximate surface area is 102 Å². The maximum Gasteiger partial charge on any atom is 0.332 e. The van der Waals surface area contributed by atoms with E-state index in [9.17, 15) is 4.79 Å². The number of carbonyl (C=O) groups is 1. The summed E-state index contributed by atoms with van der Waals surface area (Å²) < 4.78 is 10.2. The van der Waals surface area contributed by atoms with Crippen LogP contribution in [0.4, 0.5) is 0 Å². The lowest BCUT2D eigenvalue weighted by Gasteiger charge is -2.20. The van der Waals surface area contributed by atoms with Gasteiger partial charge in [-0.1, -0.05) is 30.3 Å². The summed E-state index contributed by atoms with van der Waals surface area (Å²) in [4.78, 5) is 11.4. The maximum absolute atomic E-state index is 11.4. The summed E-state index contributed by atoms with van der Waals surface area (Å²) >= 11 is 0. The predicted octanol–water partition coefficient (Wildman–Crippen LogP) is 2.51. The third kappa shape index (κ3) is 3.07. The van der Waals surface area contributed by atoms with Gasteiger partial charge in [-0.2, -0.15) is 0 Å². The molecule has 0 saturated heterocycles. The Hall–Kier alpha value is -1.35. The molecule has 92 valence electrons. The summed E-state index contributed by atoms with van der Waals surface area (Å²) in [6, 6.07) is 10.3. The van der Waals surface area contributed by atoms with E-state index >= 15 is 0 Å². The van der Waals surface area contributed by atoms with Crippen LogP contribution in [0.5, 0.6) is 0 Å². The van der Waals surface area contributed by atoms with E-state index in [0.29, 0.717) is 5.92 Å². The number of esters is 1. The first kappa shape index (κ1) is 12.1. The zero-order chi connectivity index (χ0) is 12.1. The van der Waals surface area contributed by atoms with Gasteiger partial charge in [0, 0.05) is 13.0 Å². The quantitative estimate of drug-likeness (QED) is 0.751. The van der Waals surface area contributed by atoms with E-state index in [0.717, 1.165) is 19.3 Å². The average Bonchev–Trinajstić information content (AvgIpc) is 2.78. The second-order valence-electron chi connectivity index (χ2n) is 4.41. The van der Waals surface area contributed by atoms with Crippen LogP contribution in [0.3, 0.4) is 0 Å². The standard InChI is InChI=1S/C14H18O3/c1-16-10-14(15)17-13-9-5-8-12(13)11-6-3-2-4-7-11/h2-4,6-7,12-13H,5,8-10H2,1H3/t12-,13+/m1/s1. The fourth-order valence-electron chi connectivity index (χ4n) is 2.47. The van der Waals surface area contributed by atoms with Gasteiger partial charge in [0.1, 0.15) is 12.7 Å². The molecule has 1 saturated carbocycles. The van der Waals surface area contributed by atoms with Crippen LogP contribution in [0.25, 0.3) is 0 Å².